The van der Waals surface area contributed by atoms with E-state index in [9.17, 15) is 4.79 Å². The largest absolute Gasteiger partial charge is 0.469 e. The first-order chi connectivity index (χ1) is 7.03. The minimum absolute atomic E-state index is 0.0895. The predicted molar refractivity (Wildman–Crippen MR) is 68.9 cm³/mol. The maximum atomic E-state index is 11.4. The van der Waals surface area contributed by atoms with E-state index in [1.165, 1.54) is 7.11 Å². The normalized spacial score (nSPS) is 16.8. The monoisotopic (exact) mass is 246 g/mol. The highest BCUT2D eigenvalue weighted by Gasteiger charge is 2.40. The molecule has 0 aromatic carbocycles. The average molecular weight is 246 g/mol. The Labute approximate surface area is 101 Å². The molecule has 0 bridgehead atoms. The van der Waals surface area contributed by atoms with Gasteiger partial charge in [0.15, 0.2) is 8.32 Å². The van der Waals surface area contributed by atoms with E-state index in [0.717, 1.165) is 0 Å². The van der Waals surface area contributed by atoms with Gasteiger partial charge < -0.3 is 9.16 Å². The third-order valence-electron chi connectivity index (χ3n) is 3.56. The fourth-order valence-electron chi connectivity index (χ4n) is 1.12. The number of methoxy groups -OCH3 is 1. The van der Waals surface area contributed by atoms with Crippen molar-refractivity contribution in [1.82, 2.24) is 0 Å². The van der Waals surface area contributed by atoms with Crippen molar-refractivity contribution in [3.05, 3.63) is 0 Å². The molecule has 0 aromatic heterocycles. The van der Waals surface area contributed by atoms with E-state index in [1.54, 1.807) is 0 Å². The Morgan fingerprint density at radius 1 is 1.19 bits per heavy atom. The molecule has 0 aromatic rings. The van der Waals surface area contributed by atoms with Gasteiger partial charge in [-0.15, -0.1) is 0 Å². The lowest BCUT2D eigenvalue weighted by Gasteiger charge is -2.39. The van der Waals surface area contributed by atoms with Crippen molar-refractivity contribution in [2.45, 2.75) is 58.9 Å². The zero-order valence-electron chi connectivity index (χ0n) is 11.9. The molecule has 0 unspecified atom stereocenters. The molecule has 16 heavy (non-hydrogen) atoms. The van der Waals surface area contributed by atoms with Gasteiger partial charge >= 0.3 is 5.97 Å². The van der Waals surface area contributed by atoms with E-state index in [-0.39, 0.29) is 23.0 Å². The summed E-state index contributed by atoms with van der Waals surface area (Å²) in [5.41, 5.74) is 0. The fourth-order valence-corrected chi connectivity index (χ4v) is 2.61. The topological polar surface area (TPSA) is 35.5 Å². The first-order valence-corrected chi connectivity index (χ1v) is 8.69. The molecule has 96 valence electrons. The van der Waals surface area contributed by atoms with Crippen molar-refractivity contribution in [3.8, 4) is 0 Å². The molecule has 0 aliphatic rings. The van der Waals surface area contributed by atoms with Crippen LogP contribution in [-0.4, -0.2) is 27.5 Å². The molecule has 0 heterocycles. The number of esters is 1. The predicted octanol–water partition coefficient (Wildman–Crippen LogP) is 3.21. The Hall–Kier alpha value is -0.353. The van der Waals surface area contributed by atoms with Gasteiger partial charge in [-0.05, 0) is 32.0 Å². The third-order valence-corrected chi connectivity index (χ3v) is 8.14. The van der Waals surface area contributed by atoms with E-state index in [0.29, 0.717) is 0 Å². The van der Waals surface area contributed by atoms with E-state index < -0.39 is 8.32 Å². The standard InChI is InChI=1S/C12H26O3Si/c1-9(11(13)14-6)10(2)15-16(7,8)12(3,4)5/h9-10H,1-8H3/t9-,10-/m1/s1. The number of hydrogen-bond acceptors (Lipinski definition) is 3. The van der Waals surface area contributed by atoms with Crippen LogP contribution in [0.1, 0.15) is 34.6 Å². The lowest BCUT2D eigenvalue weighted by atomic mass is 10.1. The maximum Gasteiger partial charge on any atom is 0.310 e. The summed E-state index contributed by atoms with van der Waals surface area (Å²) in [4.78, 5) is 11.4. The van der Waals surface area contributed by atoms with Crippen LogP contribution in [-0.2, 0) is 14.0 Å². The second-order valence-electron chi connectivity index (χ2n) is 5.90. The smallest absolute Gasteiger partial charge is 0.310 e. The van der Waals surface area contributed by atoms with Gasteiger partial charge in [-0.25, -0.2) is 0 Å². The van der Waals surface area contributed by atoms with Gasteiger partial charge in [0.2, 0.25) is 0 Å². The van der Waals surface area contributed by atoms with Crippen LogP contribution < -0.4 is 0 Å². The molecule has 0 N–H and O–H groups in total. The summed E-state index contributed by atoms with van der Waals surface area (Å²) in [6.45, 7) is 14.7. The summed E-state index contributed by atoms with van der Waals surface area (Å²) >= 11 is 0. The maximum absolute atomic E-state index is 11.4. The number of hydrogen-bond donors (Lipinski definition) is 0. The van der Waals surface area contributed by atoms with Gasteiger partial charge in [-0.3, -0.25) is 4.79 Å². The van der Waals surface area contributed by atoms with Crippen LogP contribution in [0.25, 0.3) is 0 Å². The Morgan fingerprint density at radius 2 is 1.62 bits per heavy atom. The first-order valence-electron chi connectivity index (χ1n) is 5.78. The van der Waals surface area contributed by atoms with E-state index in [4.69, 9.17) is 9.16 Å². The molecule has 0 aliphatic carbocycles. The highest BCUT2D eigenvalue weighted by Crippen LogP contribution is 2.38. The fraction of sp³-hybridized carbons (Fsp3) is 0.917. The highest BCUT2D eigenvalue weighted by atomic mass is 28.4. The van der Waals surface area contributed by atoms with Gasteiger partial charge in [-0.1, -0.05) is 20.8 Å². The van der Waals surface area contributed by atoms with E-state index >= 15 is 0 Å². The van der Waals surface area contributed by atoms with E-state index in [2.05, 4.69) is 33.9 Å². The SMILES string of the molecule is COC(=O)[C@H](C)[C@@H](C)O[Si](C)(C)C(C)(C)C. The molecular weight excluding hydrogens is 220 g/mol. The van der Waals surface area contributed by atoms with Crippen molar-refractivity contribution >= 4 is 14.3 Å². The quantitative estimate of drug-likeness (QED) is 0.564. The molecule has 0 saturated carbocycles. The summed E-state index contributed by atoms with van der Waals surface area (Å²) in [5, 5.41) is 0.164. The lowest BCUT2D eigenvalue weighted by molar-refractivity contribution is -0.147. The van der Waals surface area contributed by atoms with Gasteiger partial charge in [0, 0.05) is 0 Å². The van der Waals surface area contributed by atoms with Crippen LogP contribution >= 0.6 is 0 Å². The van der Waals surface area contributed by atoms with Crippen LogP contribution in [0.5, 0.6) is 0 Å². The highest BCUT2D eigenvalue weighted by molar-refractivity contribution is 6.74. The molecule has 0 aliphatic heterocycles. The number of ether oxygens (including phenoxy) is 1. The summed E-state index contributed by atoms with van der Waals surface area (Å²) in [5.74, 6) is -0.412. The average Bonchev–Trinajstić information content (AvgIpc) is 2.12. The van der Waals surface area contributed by atoms with Crippen molar-refractivity contribution in [3.63, 3.8) is 0 Å². The van der Waals surface area contributed by atoms with Gasteiger partial charge in [0.05, 0.1) is 19.1 Å². The van der Waals surface area contributed by atoms with Crippen molar-refractivity contribution in [2.24, 2.45) is 5.92 Å². The lowest BCUT2D eigenvalue weighted by Crippen LogP contribution is -2.45. The Morgan fingerprint density at radius 3 is 1.94 bits per heavy atom. The van der Waals surface area contributed by atoms with Crippen molar-refractivity contribution in [1.29, 1.82) is 0 Å². The summed E-state index contributed by atoms with van der Waals surface area (Å²) < 4.78 is 10.9. The van der Waals surface area contributed by atoms with Crippen LogP contribution in [0.2, 0.25) is 18.1 Å². The summed E-state index contributed by atoms with van der Waals surface area (Å²) in [7, 11) is -0.383. The molecule has 3 nitrogen and oxygen atoms in total. The van der Waals surface area contributed by atoms with Crippen molar-refractivity contribution in [2.75, 3.05) is 7.11 Å². The molecular formula is C12H26O3Si. The molecule has 0 rings (SSSR count). The molecule has 0 fully saturated rings. The molecule has 0 amide bonds. The third kappa shape index (κ3) is 3.90. The number of carbonyl (C=O) groups excluding carboxylic acids is 1. The molecule has 0 radical (unpaired) electrons. The zero-order valence-corrected chi connectivity index (χ0v) is 12.9. The first kappa shape index (κ1) is 15.6. The van der Waals surface area contributed by atoms with Crippen LogP contribution in [0, 0.1) is 5.92 Å². The van der Waals surface area contributed by atoms with Crippen LogP contribution in [0.4, 0.5) is 0 Å². The Balaban J connectivity index is 4.56. The summed E-state index contributed by atoms with van der Waals surface area (Å²) in [6.07, 6.45) is -0.0895. The minimum Gasteiger partial charge on any atom is -0.469 e. The Bertz CT molecular complexity index is 243. The number of carbonyl (C=O) groups is 1. The second-order valence-corrected chi connectivity index (χ2v) is 10.7. The van der Waals surface area contributed by atoms with Crippen molar-refractivity contribution < 1.29 is 14.0 Å². The molecule has 0 spiro atoms. The van der Waals surface area contributed by atoms with Crippen LogP contribution in [0.3, 0.4) is 0 Å². The van der Waals surface area contributed by atoms with Gasteiger partial charge in [0.25, 0.3) is 0 Å². The Kier molecular flexibility index (Phi) is 5.20. The number of rotatable bonds is 4. The van der Waals surface area contributed by atoms with Gasteiger partial charge in [0.1, 0.15) is 0 Å². The summed E-state index contributed by atoms with van der Waals surface area (Å²) in [6, 6.07) is 0. The van der Waals surface area contributed by atoms with Crippen LogP contribution in [0.15, 0.2) is 0 Å². The van der Waals surface area contributed by atoms with Gasteiger partial charge in [-0.2, -0.15) is 0 Å². The molecule has 2 atom stereocenters. The molecule has 4 heteroatoms. The minimum atomic E-state index is -1.80. The second kappa shape index (κ2) is 5.32. The molecule has 0 saturated heterocycles. The van der Waals surface area contributed by atoms with E-state index in [1.807, 2.05) is 13.8 Å². The zero-order chi connectivity index (χ0) is 13.1.